The summed E-state index contributed by atoms with van der Waals surface area (Å²) in [6.45, 7) is 1.90. The highest BCUT2D eigenvalue weighted by Gasteiger charge is 2.32. The van der Waals surface area contributed by atoms with Gasteiger partial charge in [-0.15, -0.1) is 0 Å². The maximum Gasteiger partial charge on any atom is 0.258 e. The van der Waals surface area contributed by atoms with Gasteiger partial charge >= 0.3 is 0 Å². The van der Waals surface area contributed by atoms with E-state index in [2.05, 4.69) is 27.4 Å². The van der Waals surface area contributed by atoms with Crippen molar-refractivity contribution in [3.05, 3.63) is 69.8 Å². The zero-order valence-corrected chi connectivity index (χ0v) is 13.4. The fraction of sp³-hybridized carbons (Fsp3) is 0.263. The number of hydrogen-bond donors (Lipinski definition) is 3. The average Bonchev–Trinajstić information content (AvgIpc) is 3.01. The maximum atomic E-state index is 12.5. The number of fused-ring (bicyclic) bond motifs is 1. The number of amides is 1. The zero-order chi connectivity index (χ0) is 16.7. The van der Waals surface area contributed by atoms with Crippen LogP contribution in [0.4, 0.5) is 0 Å². The first-order chi connectivity index (χ1) is 11.6. The monoisotopic (exact) mass is 321 g/mol. The molecule has 0 saturated heterocycles. The SMILES string of the molecule is Cc1c[nH]c(=O)c2c(C(=O)NC3CC(c4ccccc4)C3)c[nH]c12. The van der Waals surface area contributed by atoms with Gasteiger partial charge in [0.25, 0.3) is 11.5 Å². The van der Waals surface area contributed by atoms with Gasteiger partial charge in [0.2, 0.25) is 0 Å². The van der Waals surface area contributed by atoms with Crippen molar-refractivity contribution in [2.75, 3.05) is 0 Å². The van der Waals surface area contributed by atoms with Gasteiger partial charge in [0.1, 0.15) is 0 Å². The van der Waals surface area contributed by atoms with Gasteiger partial charge < -0.3 is 15.3 Å². The first-order valence-corrected chi connectivity index (χ1v) is 8.18. The summed E-state index contributed by atoms with van der Waals surface area (Å²) in [4.78, 5) is 30.3. The number of aryl methyl sites for hydroxylation is 1. The quantitative estimate of drug-likeness (QED) is 0.693. The van der Waals surface area contributed by atoms with Crippen molar-refractivity contribution in [1.82, 2.24) is 15.3 Å². The molecule has 1 aliphatic carbocycles. The Morgan fingerprint density at radius 2 is 1.88 bits per heavy atom. The molecule has 2 heterocycles. The van der Waals surface area contributed by atoms with Crippen molar-refractivity contribution >= 4 is 16.8 Å². The number of carbonyl (C=O) groups is 1. The normalized spacial score (nSPS) is 19.9. The molecule has 0 atom stereocenters. The third-order valence-electron chi connectivity index (χ3n) is 4.91. The third-order valence-corrected chi connectivity index (χ3v) is 4.91. The van der Waals surface area contributed by atoms with E-state index in [9.17, 15) is 9.59 Å². The molecule has 2 aromatic heterocycles. The predicted octanol–water partition coefficient (Wildman–Crippen LogP) is 2.84. The molecule has 0 bridgehead atoms. The van der Waals surface area contributed by atoms with Crippen LogP contribution in [0.2, 0.25) is 0 Å². The zero-order valence-electron chi connectivity index (χ0n) is 13.4. The molecule has 0 aliphatic heterocycles. The van der Waals surface area contributed by atoms with Gasteiger partial charge in [0, 0.05) is 18.4 Å². The van der Waals surface area contributed by atoms with Crippen LogP contribution in [0.5, 0.6) is 0 Å². The molecule has 1 aromatic carbocycles. The lowest BCUT2D eigenvalue weighted by atomic mass is 9.76. The van der Waals surface area contributed by atoms with Crippen molar-refractivity contribution in [3.8, 4) is 0 Å². The summed E-state index contributed by atoms with van der Waals surface area (Å²) in [5.74, 6) is 0.318. The van der Waals surface area contributed by atoms with Gasteiger partial charge in [0.15, 0.2) is 0 Å². The van der Waals surface area contributed by atoms with Crippen molar-refractivity contribution in [2.24, 2.45) is 0 Å². The molecule has 3 aromatic rings. The molecule has 5 nitrogen and oxygen atoms in total. The van der Waals surface area contributed by atoms with Crippen LogP contribution in [0.15, 0.2) is 47.5 Å². The van der Waals surface area contributed by atoms with E-state index in [1.807, 2.05) is 25.1 Å². The second kappa shape index (κ2) is 5.67. The van der Waals surface area contributed by atoms with Gasteiger partial charge in [0.05, 0.1) is 16.5 Å². The smallest absolute Gasteiger partial charge is 0.258 e. The third kappa shape index (κ3) is 2.42. The Hall–Kier alpha value is -2.82. The summed E-state index contributed by atoms with van der Waals surface area (Å²) in [5.41, 5.74) is 3.13. The van der Waals surface area contributed by atoms with E-state index in [1.165, 1.54) is 5.56 Å². The van der Waals surface area contributed by atoms with Gasteiger partial charge in [-0.25, -0.2) is 0 Å². The van der Waals surface area contributed by atoms with Crippen LogP contribution in [-0.2, 0) is 0 Å². The fourth-order valence-corrected chi connectivity index (χ4v) is 3.46. The minimum Gasteiger partial charge on any atom is -0.360 e. The standard InChI is InChI=1S/C19H19N3O2/c1-11-9-21-19(24)16-15(10-20-17(11)16)18(23)22-14-7-13(8-14)12-5-3-2-4-6-12/h2-6,9-10,13-14,20H,7-8H2,1H3,(H,21,24)(H,22,23). The number of benzene rings is 1. The second-order valence-corrected chi connectivity index (χ2v) is 6.50. The van der Waals surface area contributed by atoms with Crippen LogP contribution >= 0.6 is 0 Å². The molecule has 24 heavy (non-hydrogen) atoms. The van der Waals surface area contributed by atoms with Crippen LogP contribution < -0.4 is 10.9 Å². The lowest BCUT2D eigenvalue weighted by molar-refractivity contribution is 0.0910. The fourth-order valence-electron chi connectivity index (χ4n) is 3.46. The average molecular weight is 321 g/mol. The first kappa shape index (κ1) is 14.8. The lowest BCUT2D eigenvalue weighted by Gasteiger charge is -2.36. The summed E-state index contributed by atoms with van der Waals surface area (Å²) in [5, 5.41) is 3.48. The van der Waals surface area contributed by atoms with Gasteiger partial charge in [-0.1, -0.05) is 30.3 Å². The Morgan fingerprint density at radius 3 is 2.62 bits per heavy atom. The van der Waals surface area contributed by atoms with Gasteiger partial charge in [-0.2, -0.15) is 0 Å². The first-order valence-electron chi connectivity index (χ1n) is 8.18. The highest BCUT2D eigenvalue weighted by atomic mass is 16.2. The summed E-state index contributed by atoms with van der Waals surface area (Å²) in [7, 11) is 0. The Bertz CT molecular complexity index is 950. The van der Waals surface area contributed by atoms with Crippen LogP contribution in [-0.4, -0.2) is 21.9 Å². The molecule has 3 N–H and O–H groups in total. The Morgan fingerprint density at radius 1 is 1.12 bits per heavy atom. The van der Waals surface area contributed by atoms with E-state index in [4.69, 9.17) is 0 Å². The highest BCUT2D eigenvalue weighted by molar-refractivity contribution is 6.07. The Kier molecular flexibility index (Phi) is 3.49. The number of pyridine rings is 1. The lowest BCUT2D eigenvalue weighted by Crippen LogP contribution is -2.43. The van der Waals surface area contributed by atoms with E-state index >= 15 is 0 Å². The van der Waals surface area contributed by atoms with Crippen LogP contribution in [0.1, 0.15) is 40.2 Å². The molecule has 0 unspecified atom stereocenters. The second-order valence-electron chi connectivity index (χ2n) is 6.50. The number of nitrogens with one attached hydrogen (secondary N) is 3. The molecular formula is C19H19N3O2. The minimum atomic E-state index is -0.238. The molecular weight excluding hydrogens is 302 g/mol. The highest BCUT2D eigenvalue weighted by Crippen LogP contribution is 2.36. The van der Waals surface area contributed by atoms with Crippen LogP contribution in [0.25, 0.3) is 10.9 Å². The van der Waals surface area contributed by atoms with E-state index < -0.39 is 0 Å². The number of aromatic nitrogens is 2. The van der Waals surface area contributed by atoms with E-state index in [-0.39, 0.29) is 17.5 Å². The number of rotatable bonds is 3. The van der Waals surface area contributed by atoms with Crippen molar-refractivity contribution in [1.29, 1.82) is 0 Å². The Balaban J connectivity index is 1.49. The van der Waals surface area contributed by atoms with Crippen molar-refractivity contribution < 1.29 is 4.79 Å². The topological polar surface area (TPSA) is 77.8 Å². The predicted molar refractivity (Wildman–Crippen MR) is 93.3 cm³/mol. The number of hydrogen-bond acceptors (Lipinski definition) is 2. The Labute approximate surface area is 139 Å². The van der Waals surface area contributed by atoms with E-state index in [0.29, 0.717) is 16.9 Å². The van der Waals surface area contributed by atoms with Crippen LogP contribution in [0.3, 0.4) is 0 Å². The van der Waals surface area contributed by atoms with E-state index in [1.54, 1.807) is 12.4 Å². The molecule has 5 heteroatoms. The minimum absolute atomic E-state index is 0.163. The molecule has 1 amide bonds. The number of carbonyl (C=O) groups excluding carboxylic acids is 1. The summed E-state index contributed by atoms with van der Waals surface area (Å²) in [6, 6.07) is 10.5. The molecule has 1 aliphatic rings. The summed E-state index contributed by atoms with van der Waals surface area (Å²) < 4.78 is 0. The molecule has 0 spiro atoms. The summed E-state index contributed by atoms with van der Waals surface area (Å²) in [6.07, 6.45) is 5.15. The van der Waals surface area contributed by atoms with Crippen LogP contribution in [0, 0.1) is 6.92 Å². The molecule has 0 radical (unpaired) electrons. The summed E-state index contributed by atoms with van der Waals surface area (Å²) >= 11 is 0. The van der Waals surface area contributed by atoms with Crippen molar-refractivity contribution in [3.63, 3.8) is 0 Å². The van der Waals surface area contributed by atoms with Gasteiger partial charge in [-0.3, -0.25) is 9.59 Å². The largest absolute Gasteiger partial charge is 0.360 e. The molecule has 1 fully saturated rings. The van der Waals surface area contributed by atoms with Gasteiger partial charge in [-0.05, 0) is 36.8 Å². The molecule has 1 saturated carbocycles. The number of aromatic amines is 2. The van der Waals surface area contributed by atoms with Crippen molar-refractivity contribution in [2.45, 2.75) is 31.7 Å². The maximum absolute atomic E-state index is 12.5. The molecule has 122 valence electrons. The molecule has 4 rings (SSSR count). The number of H-pyrrole nitrogens is 2. The van der Waals surface area contributed by atoms with E-state index in [0.717, 1.165) is 23.9 Å².